The third-order valence-corrected chi connectivity index (χ3v) is 2.43. The topological polar surface area (TPSA) is 76.5 Å². The molecule has 0 aliphatic rings. The first-order valence-corrected chi connectivity index (χ1v) is 5.21. The van der Waals surface area contributed by atoms with E-state index in [2.05, 4.69) is 27.1 Å². The number of nitrogens with two attached hydrogens (primary N) is 1. The summed E-state index contributed by atoms with van der Waals surface area (Å²) in [7, 11) is 0. The molecule has 5 nitrogen and oxygen atoms in total. The van der Waals surface area contributed by atoms with Crippen molar-refractivity contribution in [2.24, 2.45) is 10.2 Å². The molecule has 0 saturated heterocycles. The molecule has 2 N–H and O–H groups in total. The molecule has 0 aliphatic heterocycles. The highest BCUT2D eigenvalue weighted by Gasteiger charge is 1.95. The minimum absolute atomic E-state index is 0.232. The SMILES string of the molecule is Cc1ccc(N=Nc2cnc(N)nc2)cc1C. The van der Waals surface area contributed by atoms with Crippen LogP contribution in [-0.4, -0.2) is 9.97 Å². The van der Waals surface area contributed by atoms with Gasteiger partial charge in [-0.05, 0) is 37.1 Å². The van der Waals surface area contributed by atoms with Gasteiger partial charge in [0.05, 0.1) is 18.1 Å². The van der Waals surface area contributed by atoms with Gasteiger partial charge in [-0.25, -0.2) is 9.97 Å². The van der Waals surface area contributed by atoms with Crippen LogP contribution in [0.1, 0.15) is 11.1 Å². The smallest absolute Gasteiger partial charge is 0.220 e. The van der Waals surface area contributed by atoms with Crippen molar-refractivity contribution < 1.29 is 0 Å². The van der Waals surface area contributed by atoms with E-state index in [1.807, 2.05) is 25.1 Å². The summed E-state index contributed by atoms with van der Waals surface area (Å²) in [6.07, 6.45) is 3.07. The molecule has 0 fully saturated rings. The Balaban J connectivity index is 2.20. The minimum atomic E-state index is 0.232. The van der Waals surface area contributed by atoms with Crippen LogP contribution in [0.15, 0.2) is 40.8 Å². The number of hydrogen-bond donors (Lipinski definition) is 1. The van der Waals surface area contributed by atoms with Gasteiger partial charge in [0.25, 0.3) is 0 Å². The molecule has 1 heterocycles. The van der Waals surface area contributed by atoms with Gasteiger partial charge >= 0.3 is 0 Å². The molecule has 86 valence electrons. The van der Waals surface area contributed by atoms with Gasteiger partial charge in [0.1, 0.15) is 5.69 Å². The van der Waals surface area contributed by atoms with Crippen molar-refractivity contribution in [3.8, 4) is 0 Å². The highest BCUT2D eigenvalue weighted by molar-refractivity contribution is 5.43. The largest absolute Gasteiger partial charge is 0.368 e. The standard InChI is InChI=1S/C12H13N5/c1-8-3-4-10(5-9(8)2)16-17-11-6-14-12(13)15-7-11/h3-7H,1-2H3,(H2,13,14,15). The highest BCUT2D eigenvalue weighted by atomic mass is 15.1. The lowest BCUT2D eigenvalue weighted by Gasteiger charge is -1.99. The number of benzene rings is 1. The number of azo groups is 1. The fraction of sp³-hybridized carbons (Fsp3) is 0.167. The molecule has 17 heavy (non-hydrogen) atoms. The van der Waals surface area contributed by atoms with Crippen molar-refractivity contribution >= 4 is 17.3 Å². The number of nitrogens with zero attached hydrogens (tertiary/aromatic N) is 4. The van der Waals surface area contributed by atoms with Gasteiger partial charge in [-0.15, -0.1) is 5.11 Å². The second-order valence-electron chi connectivity index (χ2n) is 3.77. The molecule has 2 rings (SSSR count). The number of rotatable bonds is 2. The zero-order valence-corrected chi connectivity index (χ0v) is 9.75. The molecule has 0 bridgehead atoms. The fourth-order valence-corrected chi connectivity index (χ4v) is 1.29. The van der Waals surface area contributed by atoms with Crippen molar-refractivity contribution in [1.82, 2.24) is 9.97 Å². The van der Waals surface area contributed by atoms with Gasteiger partial charge in [-0.2, -0.15) is 5.11 Å². The quantitative estimate of drug-likeness (QED) is 0.801. The Morgan fingerprint density at radius 3 is 2.24 bits per heavy atom. The predicted octanol–water partition coefficient (Wildman–Crippen LogP) is 3.09. The Morgan fingerprint density at radius 1 is 0.941 bits per heavy atom. The maximum absolute atomic E-state index is 5.38. The molecule has 0 aliphatic carbocycles. The second kappa shape index (κ2) is 4.69. The zero-order chi connectivity index (χ0) is 12.3. The molecule has 0 atom stereocenters. The molecular formula is C12H13N5. The molecule has 1 aromatic carbocycles. The molecular weight excluding hydrogens is 214 g/mol. The summed E-state index contributed by atoms with van der Waals surface area (Å²) in [5, 5.41) is 8.15. The average molecular weight is 227 g/mol. The van der Waals surface area contributed by atoms with E-state index >= 15 is 0 Å². The van der Waals surface area contributed by atoms with Crippen LogP contribution >= 0.6 is 0 Å². The van der Waals surface area contributed by atoms with Crippen LogP contribution in [-0.2, 0) is 0 Å². The van der Waals surface area contributed by atoms with Gasteiger partial charge in [-0.3, -0.25) is 0 Å². The predicted molar refractivity (Wildman–Crippen MR) is 66.5 cm³/mol. The fourth-order valence-electron chi connectivity index (χ4n) is 1.29. The highest BCUT2D eigenvalue weighted by Crippen LogP contribution is 2.20. The van der Waals surface area contributed by atoms with Crippen molar-refractivity contribution in [3.05, 3.63) is 41.7 Å². The summed E-state index contributed by atoms with van der Waals surface area (Å²) < 4.78 is 0. The van der Waals surface area contributed by atoms with E-state index in [1.165, 1.54) is 23.5 Å². The molecule has 5 heteroatoms. The van der Waals surface area contributed by atoms with Crippen LogP contribution in [0.25, 0.3) is 0 Å². The summed E-state index contributed by atoms with van der Waals surface area (Å²) in [6.45, 7) is 4.10. The van der Waals surface area contributed by atoms with Crippen molar-refractivity contribution in [3.63, 3.8) is 0 Å². The lowest BCUT2D eigenvalue weighted by atomic mass is 10.1. The van der Waals surface area contributed by atoms with E-state index in [1.54, 1.807) is 0 Å². The van der Waals surface area contributed by atoms with E-state index in [-0.39, 0.29) is 5.95 Å². The molecule has 0 spiro atoms. The summed E-state index contributed by atoms with van der Waals surface area (Å²) >= 11 is 0. The maximum atomic E-state index is 5.38. The Labute approximate surface area is 99.4 Å². The van der Waals surface area contributed by atoms with Gasteiger partial charge in [0, 0.05) is 0 Å². The molecule has 1 aromatic heterocycles. The number of aromatic nitrogens is 2. The zero-order valence-electron chi connectivity index (χ0n) is 9.75. The van der Waals surface area contributed by atoms with Crippen molar-refractivity contribution in [2.75, 3.05) is 5.73 Å². The monoisotopic (exact) mass is 227 g/mol. The number of aryl methyl sites for hydroxylation is 2. The van der Waals surface area contributed by atoms with Crippen molar-refractivity contribution in [1.29, 1.82) is 0 Å². The minimum Gasteiger partial charge on any atom is -0.368 e. The maximum Gasteiger partial charge on any atom is 0.220 e. The van der Waals surface area contributed by atoms with E-state index in [0.29, 0.717) is 5.69 Å². The molecule has 0 saturated carbocycles. The third kappa shape index (κ3) is 2.84. The molecule has 0 amide bonds. The lowest BCUT2D eigenvalue weighted by molar-refractivity contribution is 1.13. The normalized spacial score (nSPS) is 10.9. The van der Waals surface area contributed by atoms with E-state index in [4.69, 9.17) is 5.73 Å². The average Bonchev–Trinajstić information content (AvgIpc) is 2.33. The summed E-state index contributed by atoms with van der Waals surface area (Å²) in [5.41, 5.74) is 9.19. The van der Waals surface area contributed by atoms with Gasteiger partial charge in [-0.1, -0.05) is 6.07 Å². The Morgan fingerprint density at radius 2 is 1.59 bits per heavy atom. The number of anilines is 1. The van der Waals surface area contributed by atoms with E-state index < -0.39 is 0 Å². The number of nitrogen functional groups attached to an aromatic ring is 1. The first-order valence-electron chi connectivity index (χ1n) is 5.21. The Kier molecular flexibility index (Phi) is 3.09. The van der Waals surface area contributed by atoms with Crippen LogP contribution < -0.4 is 5.73 Å². The van der Waals surface area contributed by atoms with Gasteiger partial charge in [0.15, 0.2) is 0 Å². The van der Waals surface area contributed by atoms with E-state index in [9.17, 15) is 0 Å². The summed E-state index contributed by atoms with van der Waals surface area (Å²) in [6, 6.07) is 5.92. The van der Waals surface area contributed by atoms with Crippen LogP contribution in [0.4, 0.5) is 17.3 Å². The van der Waals surface area contributed by atoms with Crippen LogP contribution in [0, 0.1) is 13.8 Å². The summed E-state index contributed by atoms with van der Waals surface area (Å²) in [4.78, 5) is 7.67. The van der Waals surface area contributed by atoms with Crippen LogP contribution in [0.2, 0.25) is 0 Å². The summed E-state index contributed by atoms with van der Waals surface area (Å²) in [5.74, 6) is 0.232. The second-order valence-corrected chi connectivity index (χ2v) is 3.77. The number of hydrogen-bond acceptors (Lipinski definition) is 5. The first-order chi connectivity index (χ1) is 8.15. The molecule has 2 aromatic rings. The van der Waals surface area contributed by atoms with E-state index in [0.717, 1.165) is 5.69 Å². The Hall–Kier alpha value is -2.30. The van der Waals surface area contributed by atoms with Gasteiger partial charge < -0.3 is 5.73 Å². The molecule has 0 radical (unpaired) electrons. The van der Waals surface area contributed by atoms with Crippen LogP contribution in [0.3, 0.4) is 0 Å². The third-order valence-electron chi connectivity index (χ3n) is 2.43. The first kappa shape index (κ1) is 11.2. The lowest BCUT2D eigenvalue weighted by Crippen LogP contribution is -1.91. The van der Waals surface area contributed by atoms with Gasteiger partial charge in [0.2, 0.25) is 5.95 Å². The molecule has 0 unspecified atom stereocenters. The van der Waals surface area contributed by atoms with Crippen LogP contribution in [0.5, 0.6) is 0 Å². The Bertz CT molecular complexity index is 545. The van der Waals surface area contributed by atoms with Crippen molar-refractivity contribution in [2.45, 2.75) is 13.8 Å².